The topological polar surface area (TPSA) is 29.5 Å². The minimum Gasteiger partial charge on any atom is -0.490 e. The van der Waals surface area contributed by atoms with E-state index in [1.54, 1.807) is 6.07 Å². The van der Waals surface area contributed by atoms with Gasteiger partial charge in [-0.05, 0) is 12.1 Å². The van der Waals surface area contributed by atoms with Crippen LogP contribution in [-0.4, -0.2) is 11.7 Å². The van der Waals surface area contributed by atoms with Gasteiger partial charge in [0.15, 0.2) is 11.6 Å². The molecule has 2 rings (SSSR count). The van der Waals surface area contributed by atoms with E-state index in [1.807, 2.05) is 0 Å². The maximum Gasteiger partial charge on any atom is 0.166 e. The Kier molecular flexibility index (Phi) is 2.26. The van der Waals surface area contributed by atoms with Crippen LogP contribution in [0.25, 0.3) is 0 Å². The van der Waals surface area contributed by atoms with E-state index in [4.69, 9.17) is 4.74 Å². The first kappa shape index (κ1) is 8.97. The summed E-state index contributed by atoms with van der Waals surface area (Å²) in [4.78, 5) is 0. The van der Waals surface area contributed by atoms with Gasteiger partial charge < -0.3 is 9.84 Å². The molecule has 1 aromatic carbocycles. The zero-order valence-corrected chi connectivity index (χ0v) is 8.34. The summed E-state index contributed by atoms with van der Waals surface area (Å²) in [5.74, 6) is -0.245. The van der Waals surface area contributed by atoms with Gasteiger partial charge in [-0.25, -0.2) is 4.39 Å². The van der Waals surface area contributed by atoms with Crippen LogP contribution in [0.5, 0.6) is 5.75 Å². The second kappa shape index (κ2) is 3.27. The molecule has 0 aliphatic carbocycles. The normalized spacial score (nSPS) is 20.7. The standard InChI is InChI=1S/C9H8BrFO2/c10-5-3-6-8(12)1-2-13-9(6)7(11)4-5/h3-4,8,12H,1-2H2/t8-/m1/s1. The van der Waals surface area contributed by atoms with Crippen molar-refractivity contribution >= 4 is 15.9 Å². The predicted octanol–water partition coefficient (Wildman–Crippen LogP) is 2.40. The summed E-state index contributed by atoms with van der Waals surface area (Å²) in [6.45, 7) is 0.368. The Bertz CT molecular complexity index is 341. The molecule has 1 aromatic rings. The van der Waals surface area contributed by atoms with Gasteiger partial charge in [0.25, 0.3) is 0 Å². The van der Waals surface area contributed by atoms with Gasteiger partial charge in [-0.3, -0.25) is 0 Å². The molecular weight excluding hydrogens is 239 g/mol. The fraction of sp³-hybridized carbons (Fsp3) is 0.333. The minimum atomic E-state index is -0.615. The fourth-order valence-corrected chi connectivity index (χ4v) is 1.86. The maximum absolute atomic E-state index is 13.2. The van der Waals surface area contributed by atoms with Gasteiger partial charge in [0.2, 0.25) is 0 Å². The second-order valence-electron chi connectivity index (χ2n) is 2.96. The Balaban J connectivity index is 2.56. The summed E-state index contributed by atoms with van der Waals surface area (Å²) in [6, 6.07) is 3.01. The molecule has 13 heavy (non-hydrogen) atoms. The SMILES string of the molecule is O[C@@H]1CCOc2c(F)cc(Br)cc21. The predicted molar refractivity (Wildman–Crippen MR) is 49.2 cm³/mol. The quantitative estimate of drug-likeness (QED) is 0.762. The van der Waals surface area contributed by atoms with Crippen molar-refractivity contribution in [2.24, 2.45) is 0 Å². The first-order valence-electron chi connectivity index (χ1n) is 3.98. The molecule has 0 bridgehead atoms. The van der Waals surface area contributed by atoms with Crippen molar-refractivity contribution in [2.45, 2.75) is 12.5 Å². The summed E-state index contributed by atoms with van der Waals surface area (Å²) in [5.41, 5.74) is 0.526. The lowest BCUT2D eigenvalue weighted by Crippen LogP contribution is -2.14. The smallest absolute Gasteiger partial charge is 0.166 e. The lowest BCUT2D eigenvalue weighted by Gasteiger charge is -2.22. The molecular formula is C9H8BrFO2. The summed E-state index contributed by atoms with van der Waals surface area (Å²) in [7, 11) is 0. The number of halogens is 2. The summed E-state index contributed by atoms with van der Waals surface area (Å²) in [6.07, 6.45) is -0.0983. The molecule has 0 saturated heterocycles. The number of ether oxygens (including phenoxy) is 1. The molecule has 70 valence electrons. The molecule has 0 aromatic heterocycles. The third-order valence-electron chi connectivity index (χ3n) is 2.03. The molecule has 2 nitrogen and oxygen atoms in total. The Morgan fingerprint density at radius 1 is 1.54 bits per heavy atom. The fourth-order valence-electron chi connectivity index (χ4n) is 1.41. The van der Waals surface area contributed by atoms with Crippen molar-refractivity contribution in [3.63, 3.8) is 0 Å². The van der Waals surface area contributed by atoms with Gasteiger partial charge in [-0.2, -0.15) is 0 Å². The lowest BCUT2D eigenvalue weighted by molar-refractivity contribution is 0.112. The monoisotopic (exact) mass is 246 g/mol. The van der Waals surface area contributed by atoms with Crippen molar-refractivity contribution in [1.82, 2.24) is 0 Å². The number of rotatable bonds is 0. The first-order chi connectivity index (χ1) is 6.18. The summed E-state index contributed by atoms with van der Waals surface area (Å²) in [5, 5.41) is 9.54. The average Bonchev–Trinajstić information content (AvgIpc) is 2.07. The number of fused-ring (bicyclic) bond motifs is 1. The zero-order chi connectivity index (χ0) is 9.42. The maximum atomic E-state index is 13.2. The number of aliphatic hydroxyl groups excluding tert-OH is 1. The number of hydrogen-bond donors (Lipinski definition) is 1. The van der Waals surface area contributed by atoms with Crippen LogP contribution in [0.2, 0.25) is 0 Å². The summed E-state index contributed by atoms with van der Waals surface area (Å²) < 4.78 is 19.0. The van der Waals surface area contributed by atoms with Crippen molar-refractivity contribution in [1.29, 1.82) is 0 Å². The molecule has 1 heterocycles. The Hall–Kier alpha value is -0.610. The third-order valence-corrected chi connectivity index (χ3v) is 2.49. The van der Waals surface area contributed by atoms with Crippen LogP contribution in [0, 0.1) is 5.82 Å². The third kappa shape index (κ3) is 1.56. The highest BCUT2D eigenvalue weighted by Gasteiger charge is 2.22. The molecule has 0 unspecified atom stereocenters. The molecule has 1 aliphatic rings. The van der Waals surface area contributed by atoms with E-state index in [2.05, 4.69) is 15.9 Å². The van der Waals surface area contributed by atoms with Crippen molar-refractivity contribution in [3.8, 4) is 5.75 Å². The van der Waals surface area contributed by atoms with Crippen LogP contribution in [0.1, 0.15) is 18.1 Å². The van der Waals surface area contributed by atoms with E-state index in [0.717, 1.165) is 0 Å². The highest BCUT2D eigenvalue weighted by Crippen LogP contribution is 2.36. The van der Waals surface area contributed by atoms with E-state index in [0.29, 0.717) is 23.1 Å². The average molecular weight is 247 g/mol. The summed E-state index contributed by atoms with van der Waals surface area (Å²) >= 11 is 3.16. The number of hydrogen-bond acceptors (Lipinski definition) is 2. The van der Waals surface area contributed by atoms with Gasteiger partial charge in [0.05, 0.1) is 12.7 Å². The Labute approximate surface area is 83.5 Å². The number of benzene rings is 1. The second-order valence-corrected chi connectivity index (χ2v) is 3.87. The highest BCUT2D eigenvalue weighted by atomic mass is 79.9. The van der Waals surface area contributed by atoms with E-state index in [1.165, 1.54) is 6.07 Å². The molecule has 0 saturated carbocycles. The van der Waals surface area contributed by atoms with E-state index in [-0.39, 0.29) is 5.75 Å². The van der Waals surface area contributed by atoms with Crippen LogP contribution in [0.3, 0.4) is 0 Å². The van der Waals surface area contributed by atoms with Gasteiger partial charge in [-0.1, -0.05) is 15.9 Å². The zero-order valence-electron chi connectivity index (χ0n) is 6.76. The lowest BCUT2D eigenvalue weighted by atomic mass is 10.0. The Morgan fingerprint density at radius 3 is 3.08 bits per heavy atom. The molecule has 1 N–H and O–H groups in total. The van der Waals surface area contributed by atoms with Crippen LogP contribution in [0.4, 0.5) is 4.39 Å². The van der Waals surface area contributed by atoms with Gasteiger partial charge in [0, 0.05) is 16.5 Å². The molecule has 0 amide bonds. The number of aliphatic hydroxyl groups is 1. The first-order valence-corrected chi connectivity index (χ1v) is 4.77. The van der Waals surface area contributed by atoms with Gasteiger partial charge >= 0.3 is 0 Å². The molecule has 0 radical (unpaired) electrons. The van der Waals surface area contributed by atoms with Crippen LogP contribution >= 0.6 is 15.9 Å². The van der Waals surface area contributed by atoms with Crippen LogP contribution in [0.15, 0.2) is 16.6 Å². The van der Waals surface area contributed by atoms with Crippen LogP contribution < -0.4 is 4.74 Å². The molecule has 0 fully saturated rings. The van der Waals surface area contributed by atoms with Crippen molar-refractivity contribution < 1.29 is 14.2 Å². The van der Waals surface area contributed by atoms with Gasteiger partial charge in [-0.15, -0.1) is 0 Å². The highest BCUT2D eigenvalue weighted by molar-refractivity contribution is 9.10. The van der Waals surface area contributed by atoms with E-state index in [9.17, 15) is 9.50 Å². The van der Waals surface area contributed by atoms with E-state index < -0.39 is 11.9 Å². The van der Waals surface area contributed by atoms with E-state index >= 15 is 0 Å². The van der Waals surface area contributed by atoms with Crippen molar-refractivity contribution in [2.75, 3.05) is 6.61 Å². The largest absolute Gasteiger partial charge is 0.490 e. The van der Waals surface area contributed by atoms with Crippen LogP contribution in [-0.2, 0) is 0 Å². The van der Waals surface area contributed by atoms with Crippen molar-refractivity contribution in [3.05, 3.63) is 28.0 Å². The molecule has 1 atom stereocenters. The molecule has 0 spiro atoms. The Morgan fingerprint density at radius 2 is 2.31 bits per heavy atom. The molecule has 1 aliphatic heterocycles. The minimum absolute atomic E-state index is 0.182. The molecule has 4 heteroatoms. The van der Waals surface area contributed by atoms with Gasteiger partial charge in [0.1, 0.15) is 0 Å².